The van der Waals surface area contributed by atoms with Crippen LogP contribution >= 0.6 is 0 Å². The molecule has 2 heterocycles. The number of likely N-dealkylation sites (N-methyl/N-ethyl adjacent to an activating group) is 1. The molecule has 8 nitrogen and oxygen atoms in total. The van der Waals surface area contributed by atoms with Crippen LogP contribution in [0.2, 0.25) is 0 Å². The van der Waals surface area contributed by atoms with Crippen molar-refractivity contribution in [2.24, 2.45) is 0 Å². The third kappa shape index (κ3) is 6.03. The van der Waals surface area contributed by atoms with Gasteiger partial charge in [0.15, 0.2) is 6.61 Å². The lowest BCUT2D eigenvalue weighted by molar-refractivity contribution is -0.122. The van der Waals surface area contributed by atoms with Crippen LogP contribution in [-0.2, 0) is 11.3 Å². The smallest absolute Gasteiger partial charge is 0.257 e. The fraction of sp³-hybridized carbons (Fsp3) is 0.310. The maximum Gasteiger partial charge on any atom is 0.257 e. The average Bonchev–Trinajstić information content (AvgIpc) is 3.39. The highest BCUT2D eigenvalue weighted by atomic mass is 16.5. The standard InChI is InChI=1S/C29H33N5O3/c1-30-27(35)19-37-24-12-8-21(9-13-24)29-32-26-5-3-4-25(28(26)33-29)31-22-14-16-34(17-15-22)18-20-6-10-23(36-2)11-7-20/h3-13,22,31H,14-19H2,1-2H3,(H,30,35)(H,32,33). The Balaban J connectivity index is 1.20. The highest BCUT2D eigenvalue weighted by molar-refractivity contribution is 5.90. The maximum absolute atomic E-state index is 11.4. The summed E-state index contributed by atoms with van der Waals surface area (Å²) >= 11 is 0. The zero-order chi connectivity index (χ0) is 25.6. The number of anilines is 1. The molecule has 1 amide bonds. The largest absolute Gasteiger partial charge is 0.497 e. The number of rotatable bonds is 9. The Morgan fingerprint density at radius 1 is 1.03 bits per heavy atom. The third-order valence-electron chi connectivity index (χ3n) is 6.80. The van der Waals surface area contributed by atoms with Gasteiger partial charge in [-0.3, -0.25) is 9.69 Å². The summed E-state index contributed by atoms with van der Waals surface area (Å²) in [5.74, 6) is 2.18. The second-order valence-electron chi connectivity index (χ2n) is 9.32. The van der Waals surface area contributed by atoms with E-state index in [0.29, 0.717) is 11.8 Å². The van der Waals surface area contributed by atoms with Crippen molar-refractivity contribution in [3.05, 3.63) is 72.3 Å². The van der Waals surface area contributed by atoms with Gasteiger partial charge in [0, 0.05) is 38.3 Å². The topological polar surface area (TPSA) is 91.5 Å². The number of aromatic amines is 1. The molecule has 1 aliphatic heterocycles. The van der Waals surface area contributed by atoms with Gasteiger partial charge in [-0.2, -0.15) is 0 Å². The van der Waals surface area contributed by atoms with Gasteiger partial charge >= 0.3 is 0 Å². The lowest BCUT2D eigenvalue weighted by Crippen LogP contribution is -2.38. The van der Waals surface area contributed by atoms with Gasteiger partial charge in [0.05, 0.1) is 18.3 Å². The molecule has 192 valence electrons. The number of para-hydroxylation sites is 1. The number of nitrogens with zero attached hydrogens (tertiary/aromatic N) is 2. The molecule has 0 saturated carbocycles. The third-order valence-corrected chi connectivity index (χ3v) is 6.80. The van der Waals surface area contributed by atoms with E-state index in [4.69, 9.17) is 14.5 Å². The van der Waals surface area contributed by atoms with Crippen LogP contribution in [0.4, 0.5) is 5.69 Å². The van der Waals surface area contributed by atoms with Crippen molar-refractivity contribution in [3.8, 4) is 22.9 Å². The number of amides is 1. The number of nitrogens with one attached hydrogen (secondary N) is 3. The SMILES string of the molecule is CNC(=O)COc1ccc(-c2nc3c(NC4CCN(Cc5ccc(OC)cc5)CC4)cccc3[nH]2)cc1. The minimum atomic E-state index is -0.163. The van der Waals surface area contributed by atoms with Gasteiger partial charge in [0.1, 0.15) is 22.8 Å². The number of aromatic nitrogens is 2. The minimum Gasteiger partial charge on any atom is -0.497 e. The summed E-state index contributed by atoms with van der Waals surface area (Å²) in [6.45, 7) is 3.07. The summed E-state index contributed by atoms with van der Waals surface area (Å²) in [5.41, 5.74) is 5.27. The van der Waals surface area contributed by atoms with Gasteiger partial charge in [0.2, 0.25) is 0 Å². The number of ether oxygens (including phenoxy) is 2. The molecule has 0 bridgehead atoms. The summed E-state index contributed by atoms with van der Waals surface area (Å²) in [5, 5.41) is 6.29. The van der Waals surface area contributed by atoms with E-state index in [1.165, 1.54) is 5.56 Å². The van der Waals surface area contributed by atoms with Crippen LogP contribution in [0.15, 0.2) is 66.7 Å². The van der Waals surface area contributed by atoms with E-state index >= 15 is 0 Å². The van der Waals surface area contributed by atoms with Crippen molar-refractivity contribution in [3.63, 3.8) is 0 Å². The number of hydrogen-bond donors (Lipinski definition) is 3. The minimum absolute atomic E-state index is 0.00404. The van der Waals surface area contributed by atoms with Crippen molar-refractivity contribution in [2.75, 3.05) is 39.2 Å². The van der Waals surface area contributed by atoms with E-state index in [1.807, 2.05) is 36.4 Å². The van der Waals surface area contributed by atoms with Gasteiger partial charge in [-0.25, -0.2) is 4.98 Å². The zero-order valence-corrected chi connectivity index (χ0v) is 21.3. The number of benzene rings is 3. The van der Waals surface area contributed by atoms with Crippen molar-refractivity contribution in [1.82, 2.24) is 20.2 Å². The van der Waals surface area contributed by atoms with Gasteiger partial charge in [-0.05, 0) is 66.9 Å². The zero-order valence-electron chi connectivity index (χ0n) is 21.3. The van der Waals surface area contributed by atoms with Crippen molar-refractivity contribution in [2.45, 2.75) is 25.4 Å². The van der Waals surface area contributed by atoms with Crippen LogP contribution in [0, 0.1) is 0 Å². The summed E-state index contributed by atoms with van der Waals surface area (Å²) in [4.78, 5) is 22.2. The fourth-order valence-corrected chi connectivity index (χ4v) is 4.66. The predicted octanol–water partition coefficient (Wildman–Crippen LogP) is 4.44. The van der Waals surface area contributed by atoms with Crippen molar-refractivity contribution in [1.29, 1.82) is 0 Å². The van der Waals surface area contributed by atoms with Crippen LogP contribution in [0.1, 0.15) is 18.4 Å². The summed E-state index contributed by atoms with van der Waals surface area (Å²) in [6, 6.07) is 22.6. The molecule has 0 radical (unpaired) electrons. The Bertz CT molecular complexity index is 1330. The maximum atomic E-state index is 11.4. The van der Waals surface area contributed by atoms with Crippen molar-refractivity contribution >= 4 is 22.6 Å². The molecular formula is C29H33N5O3. The molecule has 4 aromatic rings. The molecule has 0 spiro atoms. The monoisotopic (exact) mass is 499 g/mol. The number of likely N-dealkylation sites (tertiary alicyclic amines) is 1. The number of piperidine rings is 1. The molecule has 3 aromatic carbocycles. The van der Waals surface area contributed by atoms with Crippen LogP contribution in [-0.4, -0.2) is 60.7 Å². The van der Waals surface area contributed by atoms with Crippen LogP contribution in [0.25, 0.3) is 22.4 Å². The first kappa shape index (κ1) is 24.6. The Kier molecular flexibility index (Phi) is 7.56. The summed E-state index contributed by atoms with van der Waals surface area (Å²) in [7, 11) is 3.29. The number of carbonyl (C=O) groups excluding carboxylic acids is 1. The molecule has 1 saturated heterocycles. The molecule has 1 fully saturated rings. The molecule has 3 N–H and O–H groups in total. The lowest BCUT2D eigenvalue weighted by Gasteiger charge is -2.33. The van der Waals surface area contributed by atoms with E-state index in [1.54, 1.807) is 14.2 Å². The van der Waals surface area contributed by atoms with Crippen LogP contribution in [0.5, 0.6) is 11.5 Å². The highest BCUT2D eigenvalue weighted by Gasteiger charge is 2.20. The summed E-state index contributed by atoms with van der Waals surface area (Å²) < 4.78 is 10.8. The van der Waals surface area contributed by atoms with Gasteiger partial charge in [-0.15, -0.1) is 0 Å². The molecule has 1 aliphatic rings. The second kappa shape index (κ2) is 11.3. The number of fused-ring (bicyclic) bond motifs is 1. The van der Waals surface area contributed by atoms with Gasteiger partial charge < -0.3 is 25.1 Å². The number of H-pyrrole nitrogens is 1. The molecule has 5 rings (SSSR count). The van der Waals surface area contributed by atoms with Crippen molar-refractivity contribution < 1.29 is 14.3 Å². The van der Waals surface area contributed by atoms with E-state index in [0.717, 1.165) is 66.3 Å². The fourth-order valence-electron chi connectivity index (χ4n) is 4.66. The Labute approximate surface area is 217 Å². The van der Waals surface area contributed by atoms with Gasteiger partial charge in [-0.1, -0.05) is 18.2 Å². The van der Waals surface area contributed by atoms with E-state index in [-0.39, 0.29) is 12.5 Å². The first-order valence-electron chi connectivity index (χ1n) is 12.7. The highest BCUT2D eigenvalue weighted by Crippen LogP contribution is 2.28. The Morgan fingerprint density at radius 2 is 1.76 bits per heavy atom. The average molecular weight is 500 g/mol. The number of imidazole rings is 1. The van der Waals surface area contributed by atoms with E-state index < -0.39 is 0 Å². The summed E-state index contributed by atoms with van der Waals surface area (Å²) in [6.07, 6.45) is 2.17. The molecule has 0 unspecified atom stereocenters. The second-order valence-corrected chi connectivity index (χ2v) is 9.32. The Hall–Kier alpha value is -4.04. The molecule has 0 aliphatic carbocycles. The number of carbonyl (C=O) groups is 1. The number of methoxy groups -OCH3 is 1. The Morgan fingerprint density at radius 3 is 2.46 bits per heavy atom. The molecule has 8 heteroatoms. The number of hydrogen-bond acceptors (Lipinski definition) is 6. The quantitative estimate of drug-likeness (QED) is 0.315. The first-order chi connectivity index (χ1) is 18.1. The molecular weight excluding hydrogens is 466 g/mol. The first-order valence-corrected chi connectivity index (χ1v) is 12.7. The lowest BCUT2D eigenvalue weighted by atomic mass is 10.0. The molecule has 0 atom stereocenters. The predicted molar refractivity (Wildman–Crippen MR) is 146 cm³/mol. The van der Waals surface area contributed by atoms with Gasteiger partial charge in [0.25, 0.3) is 5.91 Å². The van der Waals surface area contributed by atoms with E-state index in [9.17, 15) is 4.79 Å². The molecule has 37 heavy (non-hydrogen) atoms. The van der Waals surface area contributed by atoms with E-state index in [2.05, 4.69) is 50.8 Å². The molecule has 1 aromatic heterocycles. The van der Waals surface area contributed by atoms with Crippen LogP contribution in [0.3, 0.4) is 0 Å². The van der Waals surface area contributed by atoms with Crippen LogP contribution < -0.4 is 20.1 Å². The normalized spacial score (nSPS) is 14.4.